The first-order chi connectivity index (χ1) is 8.12. The largest absolute Gasteiger partial charge is 0.496 e. The molecule has 0 aromatic heterocycles. The second-order valence-electron chi connectivity index (χ2n) is 3.05. The zero-order valence-electron chi connectivity index (χ0n) is 9.80. The summed E-state index contributed by atoms with van der Waals surface area (Å²) in [7, 11) is 3.08. The molecule has 0 atom stereocenters. The normalized spacial score (nSPS) is 10.5. The Morgan fingerprint density at radius 1 is 1.29 bits per heavy atom. The molecule has 0 amide bonds. The van der Waals surface area contributed by atoms with E-state index in [9.17, 15) is 10.1 Å². The molecule has 0 bridgehead atoms. The average Bonchev–Trinajstić information content (AvgIpc) is 2.34. The van der Waals surface area contributed by atoms with Gasteiger partial charge in [-0.05, 0) is 18.4 Å². The molecule has 0 aliphatic heterocycles. The Bertz CT molecular complexity index is 445. The van der Waals surface area contributed by atoms with Crippen LogP contribution in [-0.2, 0) is 0 Å². The minimum atomic E-state index is -0.519. The number of methoxy groups -OCH3 is 2. The monoisotopic (exact) mass is 255 g/mol. The van der Waals surface area contributed by atoms with Crippen molar-refractivity contribution in [2.45, 2.75) is 4.90 Å². The number of benzene rings is 1. The molecule has 1 aromatic carbocycles. The zero-order chi connectivity index (χ0) is 12.8. The number of thioether (sulfide) groups is 1. The third-order valence-corrected chi connectivity index (χ3v) is 2.87. The fourth-order valence-electron chi connectivity index (χ4n) is 1.32. The molecule has 0 N–H and O–H groups in total. The second-order valence-corrected chi connectivity index (χ2v) is 3.90. The van der Waals surface area contributed by atoms with Gasteiger partial charge >= 0.3 is 0 Å². The quantitative estimate of drug-likeness (QED) is 0.460. The number of ether oxygens (including phenoxy) is 2. The van der Waals surface area contributed by atoms with Gasteiger partial charge in [0.1, 0.15) is 11.5 Å². The van der Waals surface area contributed by atoms with Crippen LogP contribution < -0.4 is 9.47 Å². The lowest BCUT2D eigenvalue weighted by atomic mass is 10.2. The molecule has 0 unspecified atom stereocenters. The molecule has 0 saturated heterocycles. The van der Waals surface area contributed by atoms with E-state index in [2.05, 4.69) is 0 Å². The summed E-state index contributed by atoms with van der Waals surface area (Å²) in [6.07, 6.45) is 4.17. The molecule has 1 rings (SSSR count). The Balaban J connectivity index is 3.23. The van der Waals surface area contributed by atoms with Crippen LogP contribution in [0.3, 0.4) is 0 Å². The van der Waals surface area contributed by atoms with Crippen molar-refractivity contribution >= 4 is 17.8 Å². The van der Waals surface area contributed by atoms with Crippen LogP contribution in [0.15, 0.2) is 23.2 Å². The zero-order valence-corrected chi connectivity index (χ0v) is 10.6. The van der Waals surface area contributed by atoms with Gasteiger partial charge in [0.15, 0.2) is 0 Å². The predicted molar refractivity (Wildman–Crippen MR) is 67.4 cm³/mol. The van der Waals surface area contributed by atoms with Crippen LogP contribution in [0.1, 0.15) is 5.56 Å². The van der Waals surface area contributed by atoms with E-state index in [4.69, 9.17) is 9.47 Å². The topological polar surface area (TPSA) is 61.6 Å². The number of nitrogens with zero attached hydrogens (tertiary/aromatic N) is 1. The lowest BCUT2D eigenvalue weighted by Crippen LogP contribution is -1.93. The highest BCUT2D eigenvalue weighted by Gasteiger charge is 2.09. The summed E-state index contributed by atoms with van der Waals surface area (Å²) < 4.78 is 10.4. The van der Waals surface area contributed by atoms with Gasteiger partial charge in [0.25, 0.3) is 0 Å². The van der Waals surface area contributed by atoms with Crippen LogP contribution in [0.4, 0.5) is 0 Å². The van der Waals surface area contributed by atoms with Crippen LogP contribution in [0.2, 0.25) is 0 Å². The summed E-state index contributed by atoms with van der Waals surface area (Å²) in [5.74, 6) is 1.24. The van der Waals surface area contributed by atoms with E-state index < -0.39 is 4.92 Å². The van der Waals surface area contributed by atoms with E-state index in [0.717, 1.165) is 11.1 Å². The highest BCUT2D eigenvalue weighted by Crippen LogP contribution is 2.35. The van der Waals surface area contributed by atoms with E-state index in [1.807, 2.05) is 6.26 Å². The van der Waals surface area contributed by atoms with Crippen molar-refractivity contribution in [3.05, 3.63) is 34.0 Å². The first-order valence-electron chi connectivity index (χ1n) is 4.74. The maximum atomic E-state index is 10.3. The van der Waals surface area contributed by atoms with Gasteiger partial charge < -0.3 is 9.47 Å². The van der Waals surface area contributed by atoms with Gasteiger partial charge in [-0.3, -0.25) is 10.1 Å². The number of hydrogen-bond acceptors (Lipinski definition) is 5. The molecular formula is C11H13NO4S. The van der Waals surface area contributed by atoms with Crippen molar-refractivity contribution < 1.29 is 14.4 Å². The summed E-state index contributed by atoms with van der Waals surface area (Å²) in [6.45, 7) is 0. The van der Waals surface area contributed by atoms with Gasteiger partial charge in [0.05, 0.1) is 24.0 Å². The highest BCUT2D eigenvalue weighted by atomic mass is 32.2. The minimum Gasteiger partial charge on any atom is -0.496 e. The molecule has 0 aliphatic rings. The molecule has 0 saturated carbocycles. The number of hydrogen-bond donors (Lipinski definition) is 0. The Morgan fingerprint density at radius 3 is 2.41 bits per heavy atom. The summed E-state index contributed by atoms with van der Waals surface area (Å²) in [6, 6.07) is 3.51. The number of nitro groups is 1. The highest BCUT2D eigenvalue weighted by molar-refractivity contribution is 7.98. The van der Waals surface area contributed by atoms with E-state index in [1.165, 1.54) is 24.9 Å². The average molecular weight is 255 g/mol. The number of rotatable bonds is 5. The molecule has 92 valence electrons. The maximum Gasteiger partial charge on any atom is 0.235 e. The molecule has 0 heterocycles. The third-order valence-electron chi connectivity index (χ3n) is 2.11. The molecule has 0 aliphatic carbocycles. The van der Waals surface area contributed by atoms with Crippen molar-refractivity contribution in [3.8, 4) is 11.5 Å². The van der Waals surface area contributed by atoms with E-state index in [1.54, 1.807) is 19.2 Å². The Hall–Kier alpha value is -1.69. The third kappa shape index (κ3) is 3.39. The van der Waals surface area contributed by atoms with Crippen molar-refractivity contribution in [1.29, 1.82) is 0 Å². The fraction of sp³-hybridized carbons (Fsp3) is 0.273. The molecular weight excluding hydrogens is 242 g/mol. The Morgan fingerprint density at radius 2 is 1.94 bits per heavy atom. The molecule has 0 radical (unpaired) electrons. The van der Waals surface area contributed by atoms with Crippen LogP contribution in [0.5, 0.6) is 11.5 Å². The maximum absolute atomic E-state index is 10.3. The predicted octanol–water partition coefficient (Wildman–Crippen LogP) is 2.67. The first kappa shape index (κ1) is 13.4. The standard InChI is InChI=1S/C11H13NO4S/c1-15-9-7-11(17-3)10(16-2)6-8(9)4-5-12(13)14/h4-7H,1-3H3. The van der Waals surface area contributed by atoms with Crippen molar-refractivity contribution in [2.75, 3.05) is 20.5 Å². The van der Waals surface area contributed by atoms with Crippen LogP contribution >= 0.6 is 11.8 Å². The van der Waals surface area contributed by atoms with Gasteiger partial charge in [-0.15, -0.1) is 11.8 Å². The lowest BCUT2D eigenvalue weighted by Gasteiger charge is -2.11. The second kappa shape index (κ2) is 6.15. The van der Waals surface area contributed by atoms with E-state index in [-0.39, 0.29) is 0 Å². The van der Waals surface area contributed by atoms with Crippen molar-refractivity contribution in [1.82, 2.24) is 0 Å². The van der Waals surface area contributed by atoms with Gasteiger partial charge in [0, 0.05) is 11.6 Å². The summed E-state index contributed by atoms with van der Waals surface area (Å²) in [5, 5.41) is 10.3. The Labute approximate surface area is 104 Å². The fourth-order valence-corrected chi connectivity index (χ4v) is 1.89. The summed E-state index contributed by atoms with van der Waals surface area (Å²) in [4.78, 5) is 10.7. The Kier molecular flexibility index (Phi) is 4.84. The van der Waals surface area contributed by atoms with Crippen molar-refractivity contribution in [2.24, 2.45) is 0 Å². The van der Waals surface area contributed by atoms with Gasteiger partial charge in [0.2, 0.25) is 6.20 Å². The molecule has 6 heteroatoms. The molecule has 1 aromatic rings. The molecule has 5 nitrogen and oxygen atoms in total. The lowest BCUT2D eigenvalue weighted by molar-refractivity contribution is -0.400. The molecule has 17 heavy (non-hydrogen) atoms. The van der Waals surface area contributed by atoms with Crippen molar-refractivity contribution in [3.63, 3.8) is 0 Å². The summed E-state index contributed by atoms with van der Waals surface area (Å²) >= 11 is 1.52. The van der Waals surface area contributed by atoms with Crippen LogP contribution in [0, 0.1) is 10.1 Å². The van der Waals surface area contributed by atoms with Gasteiger partial charge in [-0.1, -0.05) is 0 Å². The van der Waals surface area contributed by atoms with Crippen LogP contribution in [0.25, 0.3) is 6.08 Å². The SMILES string of the molecule is COc1cc(SC)c(OC)cc1C=C[N+](=O)[O-]. The van der Waals surface area contributed by atoms with E-state index >= 15 is 0 Å². The van der Waals surface area contributed by atoms with Gasteiger partial charge in [-0.2, -0.15) is 0 Å². The minimum absolute atomic E-state index is 0.519. The smallest absolute Gasteiger partial charge is 0.235 e. The molecule has 0 spiro atoms. The summed E-state index contributed by atoms with van der Waals surface area (Å²) in [5.41, 5.74) is 0.610. The molecule has 0 fully saturated rings. The van der Waals surface area contributed by atoms with E-state index in [0.29, 0.717) is 17.1 Å². The van der Waals surface area contributed by atoms with Gasteiger partial charge in [-0.25, -0.2) is 0 Å². The van der Waals surface area contributed by atoms with Crippen LogP contribution in [-0.4, -0.2) is 25.4 Å². The first-order valence-corrected chi connectivity index (χ1v) is 5.96.